The number of aliphatic hydroxyl groups excluding tert-OH is 1. The Morgan fingerprint density at radius 2 is 1.43 bits per heavy atom. The number of carboxylic acids is 1. The molecule has 0 bridgehead atoms. The SMILES string of the molecule is CCC[C@H](O)C/C=C\C/C=C\C/C=C\C/C=C\CCCC(=O)O. The molecule has 0 saturated carbocycles. The molecule has 3 nitrogen and oxygen atoms in total. The van der Waals surface area contributed by atoms with Gasteiger partial charge in [-0.15, -0.1) is 0 Å². The molecule has 0 saturated heterocycles. The van der Waals surface area contributed by atoms with Crippen molar-refractivity contribution in [3.8, 4) is 0 Å². The predicted octanol–water partition coefficient (Wildman–Crippen LogP) is 5.19. The molecule has 0 fully saturated rings. The highest BCUT2D eigenvalue weighted by Crippen LogP contribution is 2.02. The fourth-order valence-electron chi connectivity index (χ4n) is 2.01. The molecular weight excluding hydrogens is 288 g/mol. The summed E-state index contributed by atoms with van der Waals surface area (Å²) in [7, 11) is 0. The van der Waals surface area contributed by atoms with Gasteiger partial charge in [-0.05, 0) is 44.9 Å². The van der Waals surface area contributed by atoms with Crippen LogP contribution in [0.15, 0.2) is 48.6 Å². The van der Waals surface area contributed by atoms with E-state index in [1.165, 1.54) is 0 Å². The summed E-state index contributed by atoms with van der Waals surface area (Å²) in [6, 6.07) is 0. The molecule has 0 aliphatic carbocycles. The van der Waals surface area contributed by atoms with Crippen molar-refractivity contribution in [2.45, 2.75) is 70.8 Å². The Hall–Kier alpha value is -1.61. The fourth-order valence-corrected chi connectivity index (χ4v) is 2.01. The molecule has 130 valence electrons. The van der Waals surface area contributed by atoms with Crippen LogP contribution in [0, 0.1) is 0 Å². The third-order valence-corrected chi connectivity index (χ3v) is 3.27. The van der Waals surface area contributed by atoms with E-state index < -0.39 is 5.97 Å². The third kappa shape index (κ3) is 18.3. The molecule has 0 heterocycles. The van der Waals surface area contributed by atoms with E-state index in [1.54, 1.807) is 0 Å². The van der Waals surface area contributed by atoms with Gasteiger partial charge in [0.1, 0.15) is 0 Å². The maximum absolute atomic E-state index is 10.3. The number of carboxylic acid groups (broad SMARTS) is 1. The van der Waals surface area contributed by atoms with Crippen molar-refractivity contribution >= 4 is 5.97 Å². The van der Waals surface area contributed by atoms with Crippen molar-refractivity contribution in [2.75, 3.05) is 0 Å². The Kier molecular flexibility index (Phi) is 15.6. The Bertz CT molecular complexity index is 392. The van der Waals surface area contributed by atoms with Gasteiger partial charge >= 0.3 is 5.97 Å². The van der Waals surface area contributed by atoms with Gasteiger partial charge in [0.2, 0.25) is 0 Å². The van der Waals surface area contributed by atoms with Crippen molar-refractivity contribution in [1.29, 1.82) is 0 Å². The topological polar surface area (TPSA) is 57.5 Å². The van der Waals surface area contributed by atoms with Crippen molar-refractivity contribution < 1.29 is 15.0 Å². The van der Waals surface area contributed by atoms with E-state index >= 15 is 0 Å². The summed E-state index contributed by atoms with van der Waals surface area (Å²) in [6.07, 6.45) is 23.8. The first-order valence-electron chi connectivity index (χ1n) is 8.66. The van der Waals surface area contributed by atoms with Gasteiger partial charge in [-0.1, -0.05) is 62.0 Å². The molecule has 0 spiro atoms. The number of hydrogen-bond acceptors (Lipinski definition) is 2. The Labute approximate surface area is 141 Å². The van der Waals surface area contributed by atoms with Crippen LogP contribution in [0.5, 0.6) is 0 Å². The van der Waals surface area contributed by atoms with Crippen molar-refractivity contribution in [2.24, 2.45) is 0 Å². The van der Waals surface area contributed by atoms with E-state index in [0.717, 1.165) is 44.9 Å². The second-order valence-corrected chi connectivity index (χ2v) is 5.56. The minimum atomic E-state index is -0.725. The van der Waals surface area contributed by atoms with Crippen molar-refractivity contribution in [3.63, 3.8) is 0 Å². The molecule has 0 aromatic carbocycles. The van der Waals surface area contributed by atoms with Crippen LogP contribution >= 0.6 is 0 Å². The number of allylic oxidation sites excluding steroid dienone is 7. The lowest BCUT2D eigenvalue weighted by Crippen LogP contribution is -2.02. The summed E-state index contributed by atoms with van der Waals surface area (Å²) in [4.78, 5) is 10.3. The van der Waals surface area contributed by atoms with Crippen LogP contribution < -0.4 is 0 Å². The number of aliphatic hydroxyl groups is 1. The maximum atomic E-state index is 10.3. The van der Waals surface area contributed by atoms with Crippen LogP contribution in [0.4, 0.5) is 0 Å². The van der Waals surface area contributed by atoms with Gasteiger partial charge in [0, 0.05) is 6.42 Å². The highest BCUT2D eigenvalue weighted by molar-refractivity contribution is 5.66. The van der Waals surface area contributed by atoms with Crippen LogP contribution in [-0.2, 0) is 4.79 Å². The van der Waals surface area contributed by atoms with Gasteiger partial charge in [-0.2, -0.15) is 0 Å². The molecule has 2 N–H and O–H groups in total. The zero-order valence-electron chi connectivity index (χ0n) is 14.4. The number of unbranched alkanes of at least 4 members (excludes halogenated alkanes) is 1. The molecule has 23 heavy (non-hydrogen) atoms. The largest absolute Gasteiger partial charge is 0.481 e. The average molecular weight is 320 g/mol. The number of carbonyl (C=O) groups is 1. The van der Waals surface area contributed by atoms with Gasteiger partial charge in [0.05, 0.1) is 6.10 Å². The zero-order chi connectivity index (χ0) is 17.2. The third-order valence-electron chi connectivity index (χ3n) is 3.27. The molecule has 3 heteroatoms. The average Bonchev–Trinajstić information content (AvgIpc) is 2.51. The highest BCUT2D eigenvalue weighted by Gasteiger charge is 1.97. The Balaban J connectivity index is 3.50. The van der Waals surface area contributed by atoms with Gasteiger partial charge in [-0.25, -0.2) is 0 Å². The zero-order valence-corrected chi connectivity index (χ0v) is 14.4. The summed E-state index contributed by atoms with van der Waals surface area (Å²) in [5.41, 5.74) is 0. The first-order valence-corrected chi connectivity index (χ1v) is 8.66. The van der Waals surface area contributed by atoms with E-state index in [0.29, 0.717) is 6.42 Å². The van der Waals surface area contributed by atoms with Crippen LogP contribution in [0.3, 0.4) is 0 Å². The molecule has 0 aliphatic heterocycles. The fraction of sp³-hybridized carbons (Fsp3) is 0.550. The molecule has 0 unspecified atom stereocenters. The van der Waals surface area contributed by atoms with Gasteiger partial charge in [-0.3, -0.25) is 4.79 Å². The predicted molar refractivity (Wildman–Crippen MR) is 97.4 cm³/mol. The molecule has 0 radical (unpaired) electrons. The van der Waals surface area contributed by atoms with Gasteiger partial charge < -0.3 is 10.2 Å². The molecule has 0 amide bonds. The quantitative estimate of drug-likeness (QED) is 0.342. The summed E-state index contributed by atoms with van der Waals surface area (Å²) in [5.74, 6) is -0.725. The lowest BCUT2D eigenvalue weighted by atomic mass is 10.1. The highest BCUT2D eigenvalue weighted by atomic mass is 16.4. The summed E-state index contributed by atoms with van der Waals surface area (Å²) in [6.45, 7) is 2.08. The van der Waals surface area contributed by atoms with E-state index in [4.69, 9.17) is 5.11 Å². The van der Waals surface area contributed by atoms with Gasteiger partial charge in [0.25, 0.3) is 0 Å². The smallest absolute Gasteiger partial charge is 0.303 e. The Morgan fingerprint density at radius 1 is 0.913 bits per heavy atom. The maximum Gasteiger partial charge on any atom is 0.303 e. The molecule has 0 rings (SSSR count). The van der Waals surface area contributed by atoms with E-state index in [-0.39, 0.29) is 12.5 Å². The number of rotatable bonds is 14. The Morgan fingerprint density at radius 3 is 1.96 bits per heavy atom. The van der Waals surface area contributed by atoms with E-state index in [2.05, 4.69) is 49.5 Å². The van der Waals surface area contributed by atoms with Crippen LogP contribution in [0.25, 0.3) is 0 Å². The first kappa shape index (κ1) is 21.4. The second kappa shape index (κ2) is 16.8. The van der Waals surface area contributed by atoms with Crippen molar-refractivity contribution in [3.05, 3.63) is 48.6 Å². The lowest BCUT2D eigenvalue weighted by Gasteiger charge is -2.03. The van der Waals surface area contributed by atoms with Crippen LogP contribution in [-0.4, -0.2) is 22.3 Å². The second-order valence-electron chi connectivity index (χ2n) is 5.56. The lowest BCUT2D eigenvalue weighted by molar-refractivity contribution is -0.137. The minimum Gasteiger partial charge on any atom is -0.481 e. The summed E-state index contributed by atoms with van der Waals surface area (Å²) >= 11 is 0. The standard InChI is InChI=1S/C20H32O3/c1-2-16-19(21)17-14-12-10-8-6-4-3-5-7-9-11-13-15-18-20(22)23/h3,5-6,8-9,11-12,14,19,21H,2,4,7,10,13,15-18H2,1H3,(H,22,23)/b5-3-,8-6-,11-9-,14-12-/t19-/m0/s1. The molecule has 1 atom stereocenters. The first-order chi connectivity index (χ1) is 11.2. The molecular formula is C20H32O3. The molecule has 0 aromatic heterocycles. The van der Waals surface area contributed by atoms with Crippen LogP contribution in [0.1, 0.15) is 64.7 Å². The van der Waals surface area contributed by atoms with Crippen LogP contribution in [0.2, 0.25) is 0 Å². The van der Waals surface area contributed by atoms with E-state index in [1.807, 2.05) is 6.08 Å². The number of aliphatic carboxylic acids is 1. The summed E-state index contributed by atoms with van der Waals surface area (Å²) < 4.78 is 0. The summed E-state index contributed by atoms with van der Waals surface area (Å²) in [5, 5.41) is 18.0. The minimum absolute atomic E-state index is 0.194. The van der Waals surface area contributed by atoms with E-state index in [9.17, 15) is 9.90 Å². The monoisotopic (exact) mass is 320 g/mol. The van der Waals surface area contributed by atoms with Gasteiger partial charge in [0.15, 0.2) is 0 Å². The molecule has 0 aromatic rings. The molecule has 0 aliphatic rings. The number of hydrogen-bond donors (Lipinski definition) is 2. The normalized spacial score (nSPS) is 13.8. The van der Waals surface area contributed by atoms with Crippen molar-refractivity contribution in [1.82, 2.24) is 0 Å².